The van der Waals surface area contributed by atoms with Gasteiger partial charge in [0.1, 0.15) is 12.6 Å². The van der Waals surface area contributed by atoms with Gasteiger partial charge >= 0.3 is 0 Å². The van der Waals surface area contributed by atoms with E-state index in [0.29, 0.717) is 24.4 Å². The van der Waals surface area contributed by atoms with Crippen molar-refractivity contribution in [3.05, 3.63) is 83.4 Å². The summed E-state index contributed by atoms with van der Waals surface area (Å²) in [5, 5.41) is 2.95. The van der Waals surface area contributed by atoms with Gasteiger partial charge in [-0.1, -0.05) is 68.3 Å². The minimum Gasteiger partial charge on any atom is -0.493 e. The number of nitrogens with zero attached hydrogens (tertiary/aromatic N) is 2. The summed E-state index contributed by atoms with van der Waals surface area (Å²) in [5.41, 5.74) is 3.11. The van der Waals surface area contributed by atoms with Gasteiger partial charge in [-0.3, -0.25) is 13.9 Å². The smallest absolute Gasteiger partial charge is 0.264 e. The number of benzene rings is 3. The standard InChI is InChI=1S/C33H43N3O6S/c1-8-29(33(38)34-20-23(2)3)35(21-26-11-9-10-25(5)18-26)32(37)22-36(27-14-12-24(4)13-15-27)43(39,40)28-16-17-30(41-6)31(19-28)42-7/h9-19,23,29H,8,20-22H2,1-7H3,(H,34,38)/t29-/m0/s1. The lowest BCUT2D eigenvalue weighted by atomic mass is 10.1. The normalized spacial score (nSPS) is 12.0. The Morgan fingerprint density at radius 1 is 0.884 bits per heavy atom. The lowest BCUT2D eigenvalue weighted by molar-refractivity contribution is -0.140. The first kappa shape index (κ1) is 33.5. The highest BCUT2D eigenvalue weighted by Crippen LogP contribution is 2.32. The number of hydrogen-bond acceptors (Lipinski definition) is 6. The zero-order valence-electron chi connectivity index (χ0n) is 26.1. The van der Waals surface area contributed by atoms with E-state index in [9.17, 15) is 18.0 Å². The first-order valence-corrected chi connectivity index (χ1v) is 15.8. The molecule has 0 aromatic heterocycles. The van der Waals surface area contributed by atoms with Crippen LogP contribution in [0, 0.1) is 19.8 Å². The quantitative estimate of drug-likeness (QED) is 0.273. The van der Waals surface area contributed by atoms with Crippen molar-refractivity contribution in [3.63, 3.8) is 0 Å². The number of hydrogen-bond donors (Lipinski definition) is 1. The number of sulfonamides is 1. The highest BCUT2D eigenvalue weighted by atomic mass is 32.2. The summed E-state index contributed by atoms with van der Waals surface area (Å²) in [4.78, 5) is 29.0. The molecule has 2 amide bonds. The Morgan fingerprint density at radius 2 is 1.56 bits per heavy atom. The predicted octanol–water partition coefficient (Wildman–Crippen LogP) is 5.10. The van der Waals surface area contributed by atoms with Crippen molar-refractivity contribution in [2.75, 3.05) is 31.6 Å². The number of carbonyl (C=O) groups is 2. The van der Waals surface area contributed by atoms with Gasteiger partial charge in [-0.25, -0.2) is 8.42 Å². The van der Waals surface area contributed by atoms with E-state index in [1.807, 2.05) is 58.9 Å². The van der Waals surface area contributed by atoms with Crippen LogP contribution in [0.4, 0.5) is 5.69 Å². The Labute approximate surface area is 255 Å². The van der Waals surface area contributed by atoms with E-state index in [1.54, 1.807) is 24.3 Å². The van der Waals surface area contributed by atoms with Crippen LogP contribution in [0.3, 0.4) is 0 Å². The number of carbonyl (C=O) groups excluding carboxylic acids is 2. The van der Waals surface area contributed by atoms with Crippen molar-refractivity contribution < 1.29 is 27.5 Å². The zero-order valence-corrected chi connectivity index (χ0v) is 26.9. The minimum absolute atomic E-state index is 0.0644. The van der Waals surface area contributed by atoms with Gasteiger partial charge in [0.15, 0.2) is 11.5 Å². The van der Waals surface area contributed by atoms with Crippen LogP contribution < -0.4 is 19.1 Å². The number of rotatable bonds is 14. The average molecular weight is 610 g/mol. The molecule has 3 aromatic rings. The molecule has 0 saturated heterocycles. The third kappa shape index (κ3) is 8.50. The summed E-state index contributed by atoms with van der Waals surface area (Å²) >= 11 is 0. The monoisotopic (exact) mass is 609 g/mol. The molecule has 0 radical (unpaired) electrons. The molecule has 0 fully saturated rings. The molecular formula is C33H43N3O6S. The summed E-state index contributed by atoms with van der Waals surface area (Å²) in [6.45, 7) is 9.78. The van der Waals surface area contributed by atoms with E-state index in [4.69, 9.17) is 9.47 Å². The third-order valence-electron chi connectivity index (χ3n) is 7.05. The second-order valence-electron chi connectivity index (χ2n) is 10.9. The molecule has 3 rings (SSSR count). The molecule has 232 valence electrons. The van der Waals surface area contributed by atoms with Crippen molar-refractivity contribution >= 4 is 27.5 Å². The van der Waals surface area contributed by atoms with E-state index in [1.165, 1.54) is 37.3 Å². The molecule has 3 aromatic carbocycles. The SMILES string of the molecule is CC[C@@H](C(=O)NCC(C)C)N(Cc1cccc(C)c1)C(=O)CN(c1ccc(C)cc1)S(=O)(=O)c1ccc(OC)c(OC)c1. The summed E-state index contributed by atoms with van der Waals surface area (Å²) in [6.07, 6.45) is 0.356. The Morgan fingerprint density at radius 3 is 2.14 bits per heavy atom. The average Bonchev–Trinajstić information content (AvgIpc) is 2.98. The van der Waals surface area contributed by atoms with Crippen LogP contribution in [0.5, 0.6) is 11.5 Å². The fraction of sp³-hybridized carbons (Fsp3) is 0.394. The second kappa shape index (κ2) is 14.9. The molecule has 1 atom stereocenters. The largest absolute Gasteiger partial charge is 0.493 e. The molecular weight excluding hydrogens is 566 g/mol. The minimum atomic E-state index is -4.26. The first-order valence-electron chi connectivity index (χ1n) is 14.3. The second-order valence-corrected chi connectivity index (χ2v) is 12.8. The van der Waals surface area contributed by atoms with E-state index in [0.717, 1.165) is 21.0 Å². The Hall–Kier alpha value is -4.05. The van der Waals surface area contributed by atoms with Crippen molar-refractivity contribution in [2.45, 2.75) is 58.5 Å². The molecule has 0 spiro atoms. The maximum atomic E-state index is 14.2. The summed E-state index contributed by atoms with van der Waals surface area (Å²) in [7, 11) is -1.37. The van der Waals surface area contributed by atoms with Crippen molar-refractivity contribution in [1.29, 1.82) is 0 Å². The fourth-order valence-electron chi connectivity index (χ4n) is 4.69. The van der Waals surface area contributed by atoms with Gasteiger partial charge in [0.2, 0.25) is 11.8 Å². The number of anilines is 1. The highest BCUT2D eigenvalue weighted by molar-refractivity contribution is 7.92. The molecule has 0 heterocycles. The Bertz CT molecular complexity index is 1510. The van der Waals surface area contributed by atoms with Gasteiger partial charge in [-0.15, -0.1) is 0 Å². The van der Waals surface area contributed by atoms with Gasteiger partial charge in [0.25, 0.3) is 10.0 Å². The van der Waals surface area contributed by atoms with Gasteiger partial charge in [0.05, 0.1) is 24.8 Å². The van der Waals surface area contributed by atoms with Gasteiger partial charge in [0, 0.05) is 19.2 Å². The lowest BCUT2D eigenvalue weighted by Gasteiger charge is -2.33. The Balaban J connectivity index is 2.08. The molecule has 0 bridgehead atoms. The maximum absolute atomic E-state index is 14.2. The number of aryl methyl sites for hydroxylation is 2. The van der Waals surface area contributed by atoms with Crippen LogP contribution in [-0.2, 0) is 26.2 Å². The molecule has 9 nitrogen and oxygen atoms in total. The van der Waals surface area contributed by atoms with E-state index in [2.05, 4.69) is 5.32 Å². The van der Waals surface area contributed by atoms with Crippen LogP contribution in [0.25, 0.3) is 0 Å². The zero-order chi connectivity index (χ0) is 31.7. The number of nitrogens with one attached hydrogen (secondary N) is 1. The summed E-state index contributed by atoms with van der Waals surface area (Å²) in [6, 6.07) is 18.1. The van der Waals surface area contributed by atoms with Crippen LogP contribution in [0.2, 0.25) is 0 Å². The third-order valence-corrected chi connectivity index (χ3v) is 8.82. The van der Waals surface area contributed by atoms with Gasteiger partial charge in [-0.2, -0.15) is 0 Å². The number of amides is 2. The molecule has 0 aliphatic heterocycles. The summed E-state index contributed by atoms with van der Waals surface area (Å²) < 4.78 is 40.1. The molecule has 43 heavy (non-hydrogen) atoms. The molecule has 0 unspecified atom stereocenters. The molecule has 0 aliphatic rings. The molecule has 0 aliphatic carbocycles. The predicted molar refractivity (Wildman–Crippen MR) is 169 cm³/mol. The maximum Gasteiger partial charge on any atom is 0.264 e. The molecule has 0 saturated carbocycles. The molecule has 10 heteroatoms. The number of ether oxygens (including phenoxy) is 2. The lowest BCUT2D eigenvalue weighted by Crippen LogP contribution is -2.52. The van der Waals surface area contributed by atoms with Gasteiger partial charge < -0.3 is 19.7 Å². The van der Waals surface area contributed by atoms with E-state index >= 15 is 0 Å². The Kier molecular flexibility index (Phi) is 11.6. The number of methoxy groups -OCH3 is 2. The van der Waals surface area contributed by atoms with Crippen molar-refractivity contribution in [1.82, 2.24) is 10.2 Å². The highest BCUT2D eigenvalue weighted by Gasteiger charge is 2.34. The van der Waals surface area contributed by atoms with Crippen LogP contribution in [0.15, 0.2) is 71.6 Å². The van der Waals surface area contributed by atoms with Crippen molar-refractivity contribution in [2.24, 2.45) is 5.92 Å². The summed E-state index contributed by atoms with van der Waals surface area (Å²) in [5.74, 6) is 0.0696. The topological polar surface area (TPSA) is 105 Å². The van der Waals surface area contributed by atoms with E-state index < -0.39 is 28.5 Å². The fourth-order valence-corrected chi connectivity index (χ4v) is 6.12. The van der Waals surface area contributed by atoms with Crippen LogP contribution in [0.1, 0.15) is 43.9 Å². The first-order chi connectivity index (χ1) is 20.4. The van der Waals surface area contributed by atoms with Crippen LogP contribution in [-0.4, -0.2) is 58.5 Å². The van der Waals surface area contributed by atoms with Crippen molar-refractivity contribution in [3.8, 4) is 11.5 Å². The molecule has 1 N–H and O–H groups in total. The van der Waals surface area contributed by atoms with E-state index in [-0.39, 0.29) is 29.0 Å². The van der Waals surface area contributed by atoms with Crippen LogP contribution >= 0.6 is 0 Å². The van der Waals surface area contributed by atoms with Gasteiger partial charge in [-0.05, 0) is 56.0 Å².